The van der Waals surface area contributed by atoms with Crippen molar-refractivity contribution in [3.05, 3.63) is 114 Å². The van der Waals surface area contributed by atoms with Crippen molar-refractivity contribution in [2.45, 2.75) is 24.8 Å². The van der Waals surface area contributed by atoms with E-state index in [0.717, 1.165) is 11.4 Å². The van der Waals surface area contributed by atoms with Crippen molar-refractivity contribution >= 4 is 50.3 Å². The monoisotopic (exact) mass is 533 g/mol. The van der Waals surface area contributed by atoms with E-state index in [0.29, 0.717) is 11.4 Å². The molecule has 4 aromatic carbocycles. The highest BCUT2D eigenvalue weighted by Gasteiger charge is 2.24. The molecule has 0 spiro atoms. The zero-order valence-electron chi connectivity index (χ0n) is 20.8. The molecule has 0 fully saturated rings. The topological polar surface area (TPSA) is 69.7 Å². The minimum atomic E-state index is -3.90. The van der Waals surface area contributed by atoms with Crippen molar-refractivity contribution in [2.24, 2.45) is 0 Å². The van der Waals surface area contributed by atoms with Gasteiger partial charge in [-0.05, 0) is 80.6 Å². The lowest BCUT2D eigenvalue weighted by atomic mass is 10.1. The molecule has 1 amide bonds. The fourth-order valence-corrected chi connectivity index (χ4v) is 5.44. The first-order valence-corrected chi connectivity index (χ1v) is 13.6. The summed E-state index contributed by atoms with van der Waals surface area (Å²) in [6, 6.07) is 30.6. The number of carbonyl (C=O) groups is 1. The van der Waals surface area contributed by atoms with E-state index in [4.69, 9.17) is 11.6 Å². The zero-order valence-corrected chi connectivity index (χ0v) is 22.4. The Morgan fingerprint density at radius 1 is 0.784 bits per heavy atom. The number of carbonyl (C=O) groups excluding carboxylic acids is 1. The lowest BCUT2D eigenvalue weighted by molar-refractivity contribution is 0.102. The highest BCUT2D eigenvalue weighted by molar-refractivity contribution is 7.92. The maximum atomic E-state index is 13.2. The molecular weight excluding hydrogens is 506 g/mol. The van der Waals surface area contributed by atoms with Crippen LogP contribution in [0.2, 0.25) is 5.02 Å². The third-order valence-electron chi connectivity index (χ3n) is 5.91. The Hall–Kier alpha value is -3.81. The van der Waals surface area contributed by atoms with Crippen molar-refractivity contribution in [3.63, 3.8) is 0 Å². The molecule has 0 aromatic heterocycles. The van der Waals surface area contributed by atoms with Gasteiger partial charge in [0.25, 0.3) is 15.9 Å². The van der Waals surface area contributed by atoms with Crippen LogP contribution in [-0.2, 0) is 10.0 Å². The molecule has 0 unspecified atom stereocenters. The van der Waals surface area contributed by atoms with Gasteiger partial charge in [-0.1, -0.05) is 48.0 Å². The Kier molecular flexibility index (Phi) is 7.86. The summed E-state index contributed by atoms with van der Waals surface area (Å²) in [5, 5.41) is 2.98. The number of sulfonamides is 1. The van der Waals surface area contributed by atoms with Gasteiger partial charge in [0.2, 0.25) is 0 Å². The fourth-order valence-electron chi connectivity index (χ4n) is 4.01. The summed E-state index contributed by atoms with van der Waals surface area (Å²) in [6.45, 7) is 4.22. The number of rotatable bonds is 8. The summed E-state index contributed by atoms with van der Waals surface area (Å²) >= 11 is 6.30. The smallest absolute Gasteiger partial charge is 0.264 e. The SMILES string of the molecule is CC(C)N(c1ccccc1)c1ccc(NC(=O)c2cc(S(=O)(=O)N(C)c3ccccc3)ccc2Cl)cc1. The molecule has 1 N–H and O–H groups in total. The minimum Gasteiger partial charge on any atom is -0.339 e. The second-order valence-electron chi connectivity index (χ2n) is 8.75. The van der Waals surface area contributed by atoms with Gasteiger partial charge in [0.1, 0.15) is 0 Å². The Morgan fingerprint density at radius 3 is 1.89 bits per heavy atom. The Balaban J connectivity index is 1.56. The van der Waals surface area contributed by atoms with E-state index in [1.165, 1.54) is 29.6 Å². The van der Waals surface area contributed by atoms with E-state index in [2.05, 4.69) is 24.1 Å². The number of nitrogens with zero attached hydrogens (tertiary/aromatic N) is 2. The standard InChI is InChI=1S/C29H28ClN3O3S/c1-21(2)33(24-12-8-5-9-13-24)25-16-14-22(15-17-25)31-29(34)27-20-26(18-19-28(27)30)37(35,36)32(3)23-10-6-4-7-11-23/h4-21H,1-3H3,(H,31,34). The molecule has 0 aliphatic rings. The summed E-state index contributed by atoms with van der Waals surface area (Å²) in [4.78, 5) is 15.3. The van der Waals surface area contributed by atoms with Gasteiger partial charge in [0, 0.05) is 30.2 Å². The summed E-state index contributed by atoms with van der Waals surface area (Å²) in [6.07, 6.45) is 0. The molecule has 0 heterocycles. The van der Waals surface area contributed by atoms with Gasteiger partial charge in [-0.2, -0.15) is 0 Å². The van der Waals surface area contributed by atoms with Crippen LogP contribution in [0.15, 0.2) is 108 Å². The van der Waals surface area contributed by atoms with Gasteiger partial charge < -0.3 is 10.2 Å². The van der Waals surface area contributed by atoms with Gasteiger partial charge in [-0.25, -0.2) is 8.42 Å². The average Bonchev–Trinajstić information content (AvgIpc) is 2.90. The first kappa shape index (κ1) is 26.3. The molecular formula is C29H28ClN3O3S. The van der Waals surface area contributed by atoms with Crippen LogP contribution in [0.25, 0.3) is 0 Å². The maximum Gasteiger partial charge on any atom is 0.264 e. The number of benzene rings is 4. The summed E-state index contributed by atoms with van der Waals surface area (Å²) in [5.74, 6) is -0.499. The van der Waals surface area contributed by atoms with Gasteiger partial charge in [-0.3, -0.25) is 9.10 Å². The highest BCUT2D eigenvalue weighted by Crippen LogP contribution is 2.30. The molecule has 37 heavy (non-hydrogen) atoms. The molecule has 0 radical (unpaired) electrons. The third kappa shape index (κ3) is 5.79. The number of para-hydroxylation sites is 2. The number of anilines is 4. The number of hydrogen-bond acceptors (Lipinski definition) is 4. The molecule has 0 saturated heterocycles. The molecule has 0 bridgehead atoms. The largest absolute Gasteiger partial charge is 0.339 e. The molecule has 0 saturated carbocycles. The second kappa shape index (κ2) is 11.1. The number of amides is 1. The van der Waals surface area contributed by atoms with Crippen LogP contribution in [0.3, 0.4) is 0 Å². The van der Waals surface area contributed by atoms with Crippen LogP contribution in [0.5, 0.6) is 0 Å². The number of halogens is 1. The van der Waals surface area contributed by atoms with Crippen molar-refractivity contribution in [3.8, 4) is 0 Å². The summed E-state index contributed by atoms with van der Waals surface area (Å²) < 4.78 is 27.6. The Morgan fingerprint density at radius 2 is 1.32 bits per heavy atom. The van der Waals surface area contributed by atoms with Gasteiger partial charge in [-0.15, -0.1) is 0 Å². The summed E-state index contributed by atoms with van der Waals surface area (Å²) in [5.41, 5.74) is 3.20. The van der Waals surface area contributed by atoms with E-state index in [1.807, 2.05) is 60.7 Å². The van der Waals surface area contributed by atoms with E-state index in [9.17, 15) is 13.2 Å². The van der Waals surface area contributed by atoms with Gasteiger partial charge >= 0.3 is 0 Å². The minimum absolute atomic E-state index is 0.0285. The molecule has 4 aromatic rings. The maximum absolute atomic E-state index is 13.2. The third-order valence-corrected chi connectivity index (χ3v) is 8.03. The molecule has 6 nitrogen and oxygen atoms in total. The highest BCUT2D eigenvalue weighted by atomic mass is 35.5. The number of nitrogens with one attached hydrogen (secondary N) is 1. The van der Waals surface area contributed by atoms with Crippen LogP contribution in [0, 0.1) is 0 Å². The summed E-state index contributed by atoms with van der Waals surface area (Å²) in [7, 11) is -2.43. The van der Waals surface area contributed by atoms with Crippen LogP contribution < -0.4 is 14.5 Å². The van der Waals surface area contributed by atoms with Crippen LogP contribution in [0.4, 0.5) is 22.7 Å². The molecule has 8 heteroatoms. The quantitative estimate of drug-likeness (QED) is 0.266. The van der Waals surface area contributed by atoms with E-state index >= 15 is 0 Å². The first-order valence-electron chi connectivity index (χ1n) is 11.8. The normalized spacial score (nSPS) is 11.3. The predicted octanol–water partition coefficient (Wildman–Crippen LogP) is 6.96. The van der Waals surface area contributed by atoms with Gasteiger partial charge in [0.15, 0.2) is 0 Å². The van der Waals surface area contributed by atoms with Crippen molar-refractivity contribution in [1.82, 2.24) is 0 Å². The molecule has 4 rings (SSSR count). The lowest BCUT2D eigenvalue weighted by Gasteiger charge is -2.29. The van der Waals surface area contributed by atoms with E-state index in [1.54, 1.807) is 24.3 Å². The van der Waals surface area contributed by atoms with Crippen LogP contribution >= 0.6 is 11.6 Å². The first-order chi connectivity index (χ1) is 17.7. The van der Waals surface area contributed by atoms with Crippen molar-refractivity contribution in [1.29, 1.82) is 0 Å². The number of hydrogen-bond donors (Lipinski definition) is 1. The lowest BCUT2D eigenvalue weighted by Crippen LogP contribution is -2.27. The molecule has 0 atom stereocenters. The van der Waals surface area contributed by atoms with Crippen LogP contribution in [0.1, 0.15) is 24.2 Å². The molecule has 0 aliphatic heterocycles. The molecule has 0 aliphatic carbocycles. The van der Waals surface area contributed by atoms with Crippen LogP contribution in [-0.4, -0.2) is 27.4 Å². The van der Waals surface area contributed by atoms with Gasteiger partial charge in [0.05, 0.1) is 21.2 Å². The Bertz CT molecular complexity index is 1480. The van der Waals surface area contributed by atoms with E-state index in [-0.39, 0.29) is 21.5 Å². The Labute approximate surface area is 223 Å². The average molecular weight is 534 g/mol. The second-order valence-corrected chi connectivity index (χ2v) is 11.1. The zero-order chi connectivity index (χ0) is 26.6. The predicted molar refractivity (Wildman–Crippen MR) is 152 cm³/mol. The van der Waals surface area contributed by atoms with E-state index < -0.39 is 15.9 Å². The van der Waals surface area contributed by atoms with Crippen molar-refractivity contribution < 1.29 is 13.2 Å². The molecule has 190 valence electrons. The fraction of sp³-hybridized carbons (Fsp3) is 0.138. The van der Waals surface area contributed by atoms with Crippen molar-refractivity contribution in [2.75, 3.05) is 21.6 Å².